The molecule has 2 heterocycles. The Labute approximate surface area is 140 Å². The number of rotatable bonds is 3. The Bertz CT molecular complexity index is 735. The van der Waals surface area contributed by atoms with Crippen LogP contribution in [0, 0.1) is 12.7 Å². The highest BCUT2D eigenvalue weighted by atomic mass is 19.1. The predicted octanol–water partition coefficient (Wildman–Crippen LogP) is 1.99. The lowest BCUT2D eigenvalue weighted by atomic mass is 10.1. The summed E-state index contributed by atoms with van der Waals surface area (Å²) in [7, 11) is 0. The van der Waals surface area contributed by atoms with Gasteiger partial charge in [-0.3, -0.25) is 9.59 Å². The summed E-state index contributed by atoms with van der Waals surface area (Å²) in [5, 5.41) is 0. The lowest BCUT2D eigenvalue weighted by Gasteiger charge is -2.35. The smallest absolute Gasteiger partial charge is 0.253 e. The molecule has 0 aliphatic carbocycles. The average Bonchev–Trinajstić information content (AvgIpc) is 3.10. The highest BCUT2D eigenvalue weighted by Gasteiger charge is 2.25. The summed E-state index contributed by atoms with van der Waals surface area (Å²) in [5.74, 6) is -0.372. The summed E-state index contributed by atoms with van der Waals surface area (Å²) in [6.07, 6.45) is 2.14. The van der Waals surface area contributed by atoms with E-state index >= 15 is 0 Å². The number of aryl methyl sites for hydroxylation is 1. The summed E-state index contributed by atoms with van der Waals surface area (Å²) in [5.41, 5.74) is 1.83. The topological polar surface area (TPSA) is 56.4 Å². The maximum Gasteiger partial charge on any atom is 0.253 e. The number of aromatic amines is 1. The Morgan fingerprint density at radius 2 is 1.83 bits per heavy atom. The van der Waals surface area contributed by atoms with Crippen molar-refractivity contribution in [3.8, 4) is 0 Å². The van der Waals surface area contributed by atoms with Gasteiger partial charge in [-0.2, -0.15) is 0 Å². The summed E-state index contributed by atoms with van der Waals surface area (Å²) in [6.45, 7) is 3.66. The normalized spacial score (nSPS) is 14.8. The molecule has 2 amide bonds. The molecule has 3 rings (SSSR count). The highest BCUT2D eigenvalue weighted by molar-refractivity contribution is 5.94. The van der Waals surface area contributed by atoms with Crippen molar-refractivity contribution in [1.82, 2.24) is 14.8 Å². The zero-order valence-electron chi connectivity index (χ0n) is 13.6. The maximum atomic E-state index is 13.3. The van der Waals surface area contributed by atoms with E-state index in [1.165, 1.54) is 12.1 Å². The molecular weight excluding hydrogens is 309 g/mol. The minimum Gasteiger partial charge on any atom is -0.365 e. The lowest BCUT2D eigenvalue weighted by molar-refractivity contribution is -0.132. The number of carbonyl (C=O) groups is 2. The molecule has 0 saturated carbocycles. The van der Waals surface area contributed by atoms with Crippen LogP contribution in [0.4, 0.5) is 4.39 Å². The molecule has 1 aromatic heterocycles. The van der Waals surface area contributed by atoms with Crippen LogP contribution in [0.5, 0.6) is 0 Å². The molecule has 1 N–H and O–H groups in total. The molecule has 0 unspecified atom stereocenters. The van der Waals surface area contributed by atoms with Gasteiger partial charge in [0.25, 0.3) is 5.91 Å². The van der Waals surface area contributed by atoms with Gasteiger partial charge in [0.15, 0.2) is 0 Å². The van der Waals surface area contributed by atoms with E-state index in [9.17, 15) is 14.0 Å². The van der Waals surface area contributed by atoms with E-state index in [-0.39, 0.29) is 17.6 Å². The molecule has 6 heteroatoms. The van der Waals surface area contributed by atoms with Crippen LogP contribution in [0.3, 0.4) is 0 Å². The van der Waals surface area contributed by atoms with E-state index in [2.05, 4.69) is 4.98 Å². The number of amides is 2. The van der Waals surface area contributed by atoms with Crippen LogP contribution in [-0.4, -0.2) is 52.8 Å². The third-order valence-corrected chi connectivity index (χ3v) is 4.33. The minimum absolute atomic E-state index is 0.0576. The maximum absolute atomic E-state index is 13.3. The summed E-state index contributed by atoms with van der Waals surface area (Å²) in [4.78, 5) is 31.3. The fraction of sp³-hybridized carbons (Fsp3) is 0.333. The number of nitrogens with zero attached hydrogens (tertiary/aromatic N) is 2. The number of halogens is 1. The second-order valence-corrected chi connectivity index (χ2v) is 6.01. The quantitative estimate of drug-likeness (QED) is 0.936. The van der Waals surface area contributed by atoms with E-state index in [0.717, 1.165) is 5.69 Å². The first kappa shape index (κ1) is 16.2. The van der Waals surface area contributed by atoms with Gasteiger partial charge < -0.3 is 14.8 Å². The molecule has 1 aliphatic heterocycles. The molecule has 1 fully saturated rings. The van der Waals surface area contributed by atoms with Crippen molar-refractivity contribution in [3.63, 3.8) is 0 Å². The highest BCUT2D eigenvalue weighted by Crippen LogP contribution is 2.14. The molecule has 0 spiro atoms. The first-order valence-corrected chi connectivity index (χ1v) is 8.00. The monoisotopic (exact) mass is 329 g/mol. The van der Waals surface area contributed by atoms with E-state index in [0.29, 0.717) is 43.7 Å². The zero-order chi connectivity index (χ0) is 17.1. The summed E-state index contributed by atoms with van der Waals surface area (Å²) >= 11 is 0. The number of benzene rings is 1. The number of nitrogens with one attached hydrogen (secondary N) is 1. The van der Waals surface area contributed by atoms with Crippen molar-refractivity contribution in [2.45, 2.75) is 13.3 Å². The first-order valence-electron chi connectivity index (χ1n) is 8.00. The largest absolute Gasteiger partial charge is 0.365 e. The summed E-state index contributed by atoms with van der Waals surface area (Å²) in [6, 6.07) is 8.14. The SMILES string of the molecule is Cc1cc(C(=O)N2CCN(C(=O)Cc3ccc[nH]3)CC2)ccc1F. The molecule has 5 nitrogen and oxygen atoms in total. The molecule has 126 valence electrons. The van der Waals surface area contributed by atoms with E-state index in [4.69, 9.17) is 0 Å². The Morgan fingerprint density at radius 3 is 2.46 bits per heavy atom. The van der Waals surface area contributed by atoms with Gasteiger partial charge in [0, 0.05) is 43.6 Å². The molecule has 1 saturated heterocycles. The van der Waals surface area contributed by atoms with E-state index < -0.39 is 0 Å². The van der Waals surface area contributed by atoms with Crippen LogP contribution in [-0.2, 0) is 11.2 Å². The van der Waals surface area contributed by atoms with Gasteiger partial charge in [-0.15, -0.1) is 0 Å². The van der Waals surface area contributed by atoms with E-state index in [1.807, 2.05) is 12.1 Å². The Morgan fingerprint density at radius 1 is 1.12 bits per heavy atom. The van der Waals surface area contributed by atoms with Crippen molar-refractivity contribution in [1.29, 1.82) is 0 Å². The first-order chi connectivity index (χ1) is 11.5. The van der Waals surface area contributed by atoms with Crippen molar-refractivity contribution >= 4 is 11.8 Å². The van der Waals surface area contributed by atoms with Gasteiger partial charge >= 0.3 is 0 Å². The third-order valence-electron chi connectivity index (χ3n) is 4.33. The zero-order valence-corrected chi connectivity index (χ0v) is 13.6. The second-order valence-electron chi connectivity index (χ2n) is 6.01. The molecule has 1 aromatic carbocycles. The average molecular weight is 329 g/mol. The molecule has 0 atom stereocenters. The van der Waals surface area contributed by atoms with Crippen LogP contribution in [0.25, 0.3) is 0 Å². The Balaban J connectivity index is 1.57. The van der Waals surface area contributed by atoms with Crippen LogP contribution < -0.4 is 0 Å². The van der Waals surface area contributed by atoms with E-state index in [1.54, 1.807) is 29.0 Å². The van der Waals surface area contributed by atoms with Crippen molar-refractivity contribution < 1.29 is 14.0 Å². The lowest BCUT2D eigenvalue weighted by Crippen LogP contribution is -2.51. The molecule has 2 aromatic rings. The molecule has 1 aliphatic rings. The Hall–Kier alpha value is -2.63. The number of carbonyl (C=O) groups excluding carboxylic acids is 2. The fourth-order valence-corrected chi connectivity index (χ4v) is 2.87. The summed E-state index contributed by atoms with van der Waals surface area (Å²) < 4.78 is 13.3. The van der Waals surface area contributed by atoms with Crippen molar-refractivity contribution in [3.05, 3.63) is 59.2 Å². The number of piperazine rings is 1. The van der Waals surface area contributed by atoms with Gasteiger partial charge in [0.05, 0.1) is 6.42 Å². The van der Waals surface area contributed by atoms with Crippen LogP contribution in [0.2, 0.25) is 0 Å². The van der Waals surface area contributed by atoms with Gasteiger partial charge in [-0.25, -0.2) is 4.39 Å². The van der Waals surface area contributed by atoms with Crippen LogP contribution in [0.1, 0.15) is 21.6 Å². The molecule has 24 heavy (non-hydrogen) atoms. The van der Waals surface area contributed by atoms with Gasteiger partial charge in [0.1, 0.15) is 5.82 Å². The van der Waals surface area contributed by atoms with Crippen LogP contribution >= 0.6 is 0 Å². The van der Waals surface area contributed by atoms with Gasteiger partial charge in [0.2, 0.25) is 5.91 Å². The standard InChI is InChI=1S/C18H20FN3O2/c1-13-11-14(4-5-16(13)19)18(24)22-9-7-21(8-10-22)17(23)12-15-3-2-6-20-15/h2-6,11,20H,7-10,12H2,1H3. The van der Waals surface area contributed by atoms with Gasteiger partial charge in [-0.05, 0) is 42.8 Å². The molecule has 0 radical (unpaired) electrons. The number of H-pyrrole nitrogens is 1. The van der Waals surface area contributed by atoms with Crippen LogP contribution in [0.15, 0.2) is 36.5 Å². The number of aromatic nitrogens is 1. The van der Waals surface area contributed by atoms with Crippen molar-refractivity contribution in [2.24, 2.45) is 0 Å². The Kier molecular flexibility index (Phi) is 4.64. The second kappa shape index (κ2) is 6.86. The minimum atomic E-state index is -0.314. The molecule has 0 bridgehead atoms. The van der Waals surface area contributed by atoms with Crippen molar-refractivity contribution in [2.75, 3.05) is 26.2 Å². The predicted molar refractivity (Wildman–Crippen MR) is 88.1 cm³/mol. The van der Waals surface area contributed by atoms with Gasteiger partial charge in [-0.1, -0.05) is 0 Å². The fourth-order valence-electron chi connectivity index (χ4n) is 2.87. The number of hydrogen-bond donors (Lipinski definition) is 1. The molecular formula is C18H20FN3O2. The number of hydrogen-bond acceptors (Lipinski definition) is 2. The third kappa shape index (κ3) is 3.48.